The van der Waals surface area contributed by atoms with Crippen LogP contribution < -0.4 is 0 Å². The van der Waals surface area contributed by atoms with E-state index in [0.29, 0.717) is 6.61 Å². The van der Waals surface area contributed by atoms with Crippen LogP contribution in [-0.4, -0.2) is 6.61 Å². The minimum atomic E-state index is -4.26. The molecule has 0 saturated carbocycles. The molecule has 1 unspecified atom stereocenters. The number of benzene rings is 1. The molecule has 0 bridgehead atoms. The second kappa shape index (κ2) is 4.20. The minimum Gasteiger partial charge on any atom is -0.501 e. The molecule has 1 aliphatic heterocycles. The minimum absolute atomic E-state index is 0.160. The molecule has 86 valence electrons. The van der Waals surface area contributed by atoms with Gasteiger partial charge in [0.05, 0.1) is 18.4 Å². The molecule has 0 saturated heterocycles. The monoisotopic (exact) mass is 228 g/mol. The van der Waals surface area contributed by atoms with Gasteiger partial charge in [-0.1, -0.05) is 12.1 Å². The van der Waals surface area contributed by atoms with Crippen LogP contribution in [0.4, 0.5) is 13.2 Å². The number of ether oxygens (including phenoxy) is 1. The molecule has 0 aliphatic carbocycles. The number of alkyl halides is 3. The lowest BCUT2D eigenvalue weighted by Gasteiger charge is -2.19. The van der Waals surface area contributed by atoms with Gasteiger partial charge in [0.25, 0.3) is 0 Å². The molecule has 0 spiro atoms. The molecule has 2 rings (SSSR count). The van der Waals surface area contributed by atoms with Gasteiger partial charge in [0.15, 0.2) is 0 Å². The van der Waals surface area contributed by atoms with Crippen LogP contribution in [0.2, 0.25) is 0 Å². The number of hydrogen-bond donors (Lipinski definition) is 0. The van der Waals surface area contributed by atoms with Crippen molar-refractivity contribution in [1.29, 1.82) is 0 Å². The van der Waals surface area contributed by atoms with Crippen LogP contribution in [-0.2, 0) is 10.9 Å². The van der Waals surface area contributed by atoms with E-state index in [1.165, 1.54) is 12.1 Å². The van der Waals surface area contributed by atoms with E-state index in [0.717, 1.165) is 24.1 Å². The summed E-state index contributed by atoms with van der Waals surface area (Å²) in [6.07, 6.45) is 0.0548. The lowest BCUT2D eigenvalue weighted by Crippen LogP contribution is -2.10. The van der Waals surface area contributed by atoms with Gasteiger partial charge >= 0.3 is 6.18 Å². The number of allylic oxidation sites excluding steroid dienone is 1. The quantitative estimate of drug-likeness (QED) is 0.711. The van der Waals surface area contributed by atoms with Gasteiger partial charge in [-0.3, -0.25) is 0 Å². The molecule has 1 nitrogen and oxygen atoms in total. The summed E-state index contributed by atoms with van der Waals surface area (Å²) in [4.78, 5) is 0. The summed E-state index contributed by atoms with van der Waals surface area (Å²) in [5, 5.41) is 0. The van der Waals surface area contributed by atoms with Gasteiger partial charge < -0.3 is 4.74 Å². The summed E-state index contributed by atoms with van der Waals surface area (Å²) in [7, 11) is 0. The van der Waals surface area contributed by atoms with Crippen LogP contribution in [0.25, 0.3) is 0 Å². The first kappa shape index (κ1) is 11.0. The fraction of sp³-hybridized carbons (Fsp3) is 0.333. The van der Waals surface area contributed by atoms with E-state index < -0.39 is 11.7 Å². The molecule has 4 heteroatoms. The standard InChI is InChI=1S/C12H11F3O/c13-12(14,15)11-5-3-9(4-6-11)10-2-1-7-16-8-10/h1,3-7,10H,2,8H2. The van der Waals surface area contributed by atoms with E-state index in [2.05, 4.69) is 0 Å². The zero-order chi connectivity index (χ0) is 11.6. The fourth-order valence-electron chi connectivity index (χ4n) is 1.70. The third-order valence-electron chi connectivity index (χ3n) is 2.62. The SMILES string of the molecule is FC(F)(F)c1ccc(C2CC=COC2)cc1. The van der Waals surface area contributed by atoms with E-state index >= 15 is 0 Å². The van der Waals surface area contributed by atoms with E-state index in [-0.39, 0.29) is 5.92 Å². The Morgan fingerprint density at radius 2 is 1.81 bits per heavy atom. The van der Waals surface area contributed by atoms with Gasteiger partial charge in [0.1, 0.15) is 0 Å². The third kappa shape index (κ3) is 2.38. The molecular weight excluding hydrogens is 217 g/mol. The topological polar surface area (TPSA) is 9.23 Å². The van der Waals surface area contributed by atoms with E-state index in [4.69, 9.17) is 4.74 Å². The van der Waals surface area contributed by atoms with Gasteiger partial charge in [0.2, 0.25) is 0 Å². The first-order valence-electron chi connectivity index (χ1n) is 5.01. The molecule has 0 amide bonds. The first-order valence-corrected chi connectivity index (χ1v) is 5.01. The first-order chi connectivity index (χ1) is 7.57. The van der Waals surface area contributed by atoms with Crippen molar-refractivity contribution >= 4 is 0 Å². The maximum Gasteiger partial charge on any atom is 0.416 e. The van der Waals surface area contributed by atoms with Crippen molar-refractivity contribution in [2.24, 2.45) is 0 Å². The number of halogens is 3. The highest BCUT2D eigenvalue weighted by Crippen LogP contribution is 2.31. The average molecular weight is 228 g/mol. The van der Waals surface area contributed by atoms with E-state index in [1.807, 2.05) is 6.08 Å². The molecule has 1 atom stereocenters. The number of hydrogen-bond acceptors (Lipinski definition) is 1. The maximum atomic E-state index is 12.3. The summed E-state index contributed by atoms with van der Waals surface area (Å²) in [5.74, 6) is 0.160. The summed E-state index contributed by atoms with van der Waals surface area (Å²) >= 11 is 0. The number of rotatable bonds is 1. The Morgan fingerprint density at radius 3 is 2.31 bits per heavy atom. The molecule has 0 radical (unpaired) electrons. The van der Waals surface area contributed by atoms with Gasteiger partial charge in [0, 0.05) is 5.92 Å². The molecule has 1 aromatic carbocycles. The van der Waals surface area contributed by atoms with E-state index in [9.17, 15) is 13.2 Å². The van der Waals surface area contributed by atoms with Crippen LogP contribution in [0.3, 0.4) is 0 Å². The van der Waals surface area contributed by atoms with Crippen LogP contribution >= 0.6 is 0 Å². The van der Waals surface area contributed by atoms with Gasteiger partial charge in [-0.2, -0.15) is 13.2 Å². The van der Waals surface area contributed by atoms with Crippen molar-refractivity contribution in [3.05, 3.63) is 47.7 Å². The van der Waals surface area contributed by atoms with Crippen LogP contribution in [0.1, 0.15) is 23.5 Å². The molecule has 1 heterocycles. The van der Waals surface area contributed by atoms with Crippen molar-refractivity contribution in [3.63, 3.8) is 0 Å². The van der Waals surface area contributed by atoms with Crippen molar-refractivity contribution in [1.82, 2.24) is 0 Å². The Hall–Kier alpha value is -1.45. The Balaban J connectivity index is 2.16. The summed E-state index contributed by atoms with van der Waals surface area (Å²) in [5.41, 5.74) is 0.279. The van der Waals surface area contributed by atoms with Gasteiger partial charge in [-0.15, -0.1) is 0 Å². The zero-order valence-electron chi connectivity index (χ0n) is 8.50. The highest BCUT2D eigenvalue weighted by Gasteiger charge is 2.30. The van der Waals surface area contributed by atoms with Gasteiger partial charge in [-0.05, 0) is 30.2 Å². The predicted molar refractivity (Wildman–Crippen MR) is 53.9 cm³/mol. The third-order valence-corrected chi connectivity index (χ3v) is 2.62. The highest BCUT2D eigenvalue weighted by molar-refractivity contribution is 5.28. The van der Waals surface area contributed by atoms with Crippen molar-refractivity contribution < 1.29 is 17.9 Å². The van der Waals surface area contributed by atoms with Crippen molar-refractivity contribution in [2.75, 3.05) is 6.61 Å². The predicted octanol–water partition coefficient (Wildman–Crippen LogP) is 3.72. The van der Waals surface area contributed by atoms with Crippen molar-refractivity contribution in [2.45, 2.75) is 18.5 Å². The second-order valence-electron chi connectivity index (χ2n) is 3.76. The van der Waals surface area contributed by atoms with Crippen molar-refractivity contribution in [3.8, 4) is 0 Å². The average Bonchev–Trinajstić information content (AvgIpc) is 2.29. The second-order valence-corrected chi connectivity index (χ2v) is 3.76. The van der Waals surface area contributed by atoms with Gasteiger partial charge in [-0.25, -0.2) is 0 Å². The Bertz CT molecular complexity index is 378. The molecule has 0 fully saturated rings. The summed E-state index contributed by atoms with van der Waals surface area (Å²) in [6, 6.07) is 5.29. The zero-order valence-corrected chi connectivity index (χ0v) is 8.50. The Labute approximate surface area is 91.5 Å². The molecule has 0 N–H and O–H groups in total. The van der Waals surface area contributed by atoms with Crippen LogP contribution in [0, 0.1) is 0 Å². The maximum absolute atomic E-state index is 12.3. The summed E-state index contributed by atoms with van der Waals surface area (Å²) < 4.78 is 42.1. The largest absolute Gasteiger partial charge is 0.501 e. The molecule has 0 aromatic heterocycles. The molecule has 1 aromatic rings. The lowest BCUT2D eigenvalue weighted by molar-refractivity contribution is -0.137. The van der Waals surface area contributed by atoms with E-state index in [1.54, 1.807) is 6.26 Å². The molecule has 1 aliphatic rings. The normalized spacial score (nSPS) is 20.6. The van der Waals surface area contributed by atoms with Crippen LogP contribution in [0.5, 0.6) is 0 Å². The Kier molecular flexibility index (Phi) is 2.90. The smallest absolute Gasteiger partial charge is 0.416 e. The van der Waals surface area contributed by atoms with Crippen LogP contribution in [0.15, 0.2) is 36.6 Å². The highest BCUT2D eigenvalue weighted by atomic mass is 19.4. The molecule has 16 heavy (non-hydrogen) atoms. The Morgan fingerprint density at radius 1 is 1.12 bits per heavy atom. The fourth-order valence-corrected chi connectivity index (χ4v) is 1.70. The summed E-state index contributed by atoms with van der Waals surface area (Å²) in [6.45, 7) is 0.530. The lowest BCUT2D eigenvalue weighted by atomic mass is 9.95. The molecular formula is C12H11F3O.